The summed E-state index contributed by atoms with van der Waals surface area (Å²) in [6, 6.07) is 11.8. The number of terminal acetylenes is 1. The number of carbonyl (C=O) groups is 2. The summed E-state index contributed by atoms with van der Waals surface area (Å²) >= 11 is 0.873. The second-order valence-electron chi connectivity index (χ2n) is 6.95. The van der Waals surface area contributed by atoms with E-state index >= 15 is 0 Å². The molecule has 1 heterocycles. The van der Waals surface area contributed by atoms with Crippen molar-refractivity contribution < 1.29 is 19.1 Å². The number of rotatable bonds is 8. The average Bonchev–Trinajstić information content (AvgIpc) is 3.01. The van der Waals surface area contributed by atoms with E-state index in [9.17, 15) is 9.59 Å². The zero-order valence-corrected chi connectivity index (χ0v) is 18.3. The van der Waals surface area contributed by atoms with E-state index in [1.54, 1.807) is 25.3 Å². The Hall–Kier alpha value is -3.43. The van der Waals surface area contributed by atoms with Crippen molar-refractivity contribution in [3.05, 3.63) is 76.2 Å². The maximum atomic E-state index is 12.5. The summed E-state index contributed by atoms with van der Waals surface area (Å²) in [5.74, 6) is 3.11. The number of nitrogens with zero attached hydrogens (tertiary/aromatic N) is 1. The molecule has 1 aliphatic heterocycles. The van der Waals surface area contributed by atoms with Crippen molar-refractivity contribution in [1.82, 2.24) is 4.90 Å². The highest BCUT2D eigenvalue weighted by Gasteiger charge is 2.34. The molecular weight excluding hydrogens is 410 g/mol. The predicted molar refractivity (Wildman–Crippen MR) is 124 cm³/mol. The fraction of sp³-hybridized carbons (Fsp3) is 0.200. The number of carbonyl (C=O) groups excluding carboxylic acids is 2. The lowest BCUT2D eigenvalue weighted by Gasteiger charge is -2.16. The van der Waals surface area contributed by atoms with Gasteiger partial charge in [0.25, 0.3) is 11.1 Å². The van der Waals surface area contributed by atoms with E-state index in [0.717, 1.165) is 33.4 Å². The van der Waals surface area contributed by atoms with Crippen molar-refractivity contribution in [2.24, 2.45) is 0 Å². The number of methoxy groups -OCH3 is 1. The monoisotopic (exact) mass is 433 g/mol. The van der Waals surface area contributed by atoms with Gasteiger partial charge in [0.2, 0.25) is 0 Å². The molecule has 0 aromatic heterocycles. The summed E-state index contributed by atoms with van der Waals surface area (Å²) in [6.07, 6.45) is 9.25. The van der Waals surface area contributed by atoms with Gasteiger partial charge in [0.05, 0.1) is 18.6 Å². The van der Waals surface area contributed by atoms with Gasteiger partial charge >= 0.3 is 0 Å². The smallest absolute Gasteiger partial charge is 0.294 e. The van der Waals surface area contributed by atoms with Gasteiger partial charge in [-0.3, -0.25) is 14.5 Å². The Morgan fingerprint density at radius 3 is 2.61 bits per heavy atom. The number of ether oxygens (including phenoxy) is 2. The van der Waals surface area contributed by atoms with Crippen LogP contribution in [-0.2, 0) is 17.8 Å². The first-order valence-corrected chi connectivity index (χ1v) is 10.5. The summed E-state index contributed by atoms with van der Waals surface area (Å²) in [6.45, 7) is 6.21. The minimum Gasteiger partial charge on any atom is -0.493 e. The minimum absolute atomic E-state index is 0.0428. The Balaban J connectivity index is 1.91. The number of amides is 2. The molecule has 0 bridgehead atoms. The van der Waals surface area contributed by atoms with Crippen LogP contribution in [0, 0.1) is 19.3 Å². The normalized spacial score (nSPS) is 14.6. The van der Waals surface area contributed by atoms with Crippen molar-refractivity contribution in [2.75, 3.05) is 13.7 Å². The van der Waals surface area contributed by atoms with Gasteiger partial charge < -0.3 is 9.47 Å². The number of benzene rings is 2. The van der Waals surface area contributed by atoms with Gasteiger partial charge in [-0.2, -0.15) is 0 Å². The van der Waals surface area contributed by atoms with E-state index in [-0.39, 0.29) is 11.8 Å². The largest absolute Gasteiger partial charge is 0.493 e. The van der Waals surface area contributed by atoms with Crippen molar-refractivity contribution in [3.8, 4) is 23.8 Å². The molecule has 0 N–H and O–H groups in total. The van der Waals surface area contributed by atoms with E-state index in [0.29, 0.717) is 29.4 Å². The molecule has 6 heteroatoms. The number of aryl methyl sites for hydroxylation is 1. The molecule has 31 heavy (non-hydrogen) atoms. The molecule has 2 aromatic rings. The molecule has 1 saturated heterocycles. The molecule has 2 aromatic carbocycles. The first kappa shape index (κ1) is 22.3. The molecule has 0 saturated carbocycles. The van der Waals surface area contributed by atoms with Crippen LogP contribution < -0.4 is 9.47 Å². The Morgan fingerprint density at radius 1 is 1.23 bits per heavy atom. The highest BCUT2D eigenvalue weighted by atomic mass is 32.2. The van der Waals surface area contributed by atoms with Gasteiger partial charge in [0.1, 0.15) is 6.61 Å². The lowest BCUT2D eigenvalue weighted by molar-refractivity contribution is -0.122. The molecule has 5 nitrogen and oxygen atoms in total. The molecular formula is C25H23NO4S. The summed E-state index contributed by atoms with van der Waals surface area (Å²) in [7, 11) is 1.57. The van der Waals surface area contributed by atoms with E-state index in [4.69, 9.17) is 15.9 Å². The number of thioether (sulfide) groups is 1. The predicted octanol–water partition coefficient (Wildman–Crippen LogP) is 4.98. The first-order valence-electron chi connectivity index (χ1n) is 9.65. The third kappa shape index (κ3) is 5.19. The average molecular weight is 434 g/mol. The van der Waals surface area contributed by atoms with Gasteiger partial charge in [-0.15, -0.1) is 13.0 Å². The summed E-state index contributed by atoms with van der Waals surface area (Å²) in [5, 5.41) is -0.370. The molecule has 158 valence electrons. The highest BCUT2D eigenvalue weighted by molar-refractivity contribution is 8.18. The van der Waals surface area contributed by atoms with Gasteiger partial charge in [0, 0.05) is 5.56 Å². The summed E-state index contributed by atoms with van der Waals surface area (Å²) in [5.41, 5.74) is 3.83. The van der Waals surface area contributed by atoms with Gasteiger partial charge in [-0.1, -0.05) is 41.8 Å². The van der Waals surface area contributed by atoms with E-state index in [2.05, 4.69) is 12.5 Å². The Bertz CT molecular complexity index is 1080. The van der Waals surface area contributed by atoms with Crippen molar-refractivity contribution in [1.29, 1.82) is 0 Å². The summed E-state index contributed by atoms with van der Waals surface area (Å²) in [4.78, 5) is 25.9. The molecule has 3 rings (SSSR count). The van der Waals surface area contributed by atoms with Gasteiger partial charge in [0.15, 0.2) is 11.5 Å². The Morgan fingerprint density at radius 2 is 1.97 bits per heavy atom. The van der Waals surface area contributed by atoms with Crippen LogP contribution in [0.5, 0.6) is 11.5 Å². The highest BCUT2D eigenvalue weighted by Crippen LogP contribution is 2.37. The zero-order valence-electron chi connectivity index (χ0n) is 17.5. The first-order chi connectivity index (χ1) is 15.0. The maximum absolute atomic E-state index is 12.5. The van der Waals surface area contributed by atoms with Crippen LogP contribution in [0.4, 0.5) is 4.79 Å². The quantitative estimate of drug-likeness (QED) is 0.334. The van der Waals surface area contributed by atoms with Crippen molar-refractivity contribution in [2.45, 2.75) is 20.0 Å². The molecule has 1 aliphatic rings. The van der Waals surface area contributed by atoms with E-state index in [1.807, 2.05) is 37.3 Å². The lowest BCUT2D eigenvalue weighted by Crippen LogP contribution is -2.28. The van der Waals surface area contributed by atoms with E-state index in [1.165, 1.54) is 5.56 Å². The van der Waals surface area contributed by atoms with Crippen LogP contribution in [0.15, 0.2) is 54.0 Å². The Kier molecular flexibility index (Phi) is 7.22. The molecule has 0 atom stereocenters. The lowest BCUT2D eigenvalue weighted by atomic mass is 10.0. The fourth-order valence-electron chi connectivity index (χ4n) is 3.11. The third-order valence-corrected chi connectivity index (χ3v) is 5.57. The SMILES string of the molecule is C#CCN1C(=O)S/C(=C\c2cc(CC=C)c(OCc3ccc(C)cc3)c(OC)c2)C1=O. The topological polar surface area (TPSA) is 55.8 Å². The van der Waals surface area contributed by atoms with E-state index < -0.39 is 5.91 Å². The molecule has 0 unspecified atom stereocenters. The van der Waals surface area contributed by atoms with Crippen LogP contribution >= 0.6 is 11.8 Å². The van der Waals surface area contributed by atoms with Crippen LogP contribution in [-0.4, -0.2) is 29.7 Å². The summed E-state index contributed by atoms with van der Waals surface area (Å²) < 4.78 is 11.7. The maximum Gasteiger partial charge on any atom is 0.294 e. The minimum atomic E-state index is -0.392. The van der Waals surface area contributed by atoms with Gasteiger partial charge in [-0.25, -0.2) is 0 Å². The second-order valence-corrected chi connectivity index (χ2v) is 7.94. The zero-order chi connectivity index (χ0) is 22.4. The van der Waals surface area contributed by atoms with Gasteiger partial charge in [-0.05, 0) is 54.4 Å². The molecule has 1 fully saturated rings. The fourth-order valence-corrected chi connectivity index (χ4v) is 3.95. The number of imide groups is 1. The number of allylic oxidation sites excluding steroid dienone is 1. The molecule has 0 aliphatic carbocycles. The van der Waals surface area contributed by atoms with Crippen LogP contribution in [0.25, 0.3) is 6.08 Å². The molecule has 0 spiro atoms. The molecule has 0 radical (unpaired) electrons. The Labute approximate surface area is 186 Å². The number of hydrogen-bond donors (Lipinski definition) is 0. The third-order valence-electron chi connectivity index (χ3n) is 4.66. The second kappa shape index (κ2) is 10.1. The van der Waals surface area contributed by atoms with Crippen LogP contribution in [0.1, 0.15) is 22.3 Å². The van der Waals surface area contributed by atoms with Crippen LogP contribution in [0.3, 0.4) is 0 Å². The van der Waals surface area contributed by atoms with Crippen LogP contribution in [0.2, 0.25) is 0 Å². The van der Waals surface area contributed by atoms with Crippen molar-refractivity contribution >= 4 is 29.0 Å². The molecule has 2 amide bonds. The number of hydrogen-bond acceptors (Lipinski definition) is 5. The van der Waals surface area contributed by atoms with Crippen molar-refractivity contribution in [3.63, 3.8) is 0 Å². The standard InChI is InChI=1S/C25H23NO4S/c1-5-7-20-13-19(15-22-24(27)26(12-6-2)25(28)31-22)14-21(29-4)23(20)30-16-18-10-8-17(3)9-11-18/h2,5,8-11,13-15H,1,7,12,16H2,3-4H3/b22-15-.